The summed E-state index contributed by atoms with van der Waals surface area (Å²) in [6, 6.07) is 13.5. The summed E-state index contributed by atoms with van der Waals surface area (Å²) in [7, 11) is 3.13. The lowest BCUT2D eigenvalue weighted by molar-refractivity contribution is -0.147. The van der Waals surface area contributed by atoms with Gasteiger partial charge in [0.1, 0.15) is 22.7 Å². The zero-order chi connectivity index (χ0) is 37.6. The number of carbonyl (C=O) groups is 4. The lowest BCUT2D eigenvalue weighted by atomic mass is 9.70. The predicted molar refractivity (Wildman–Crippen MR) is 201 cm³/mol. The molecule has 2 aromatic carbocycles. The fraction of sp³-hybridized carbons (Fsp3) is 0.628. The van der Waals surface area contributed by atoms with E-state index in [1.165, 1.54) is 0 Å². The summed E-state index contributed by atoms with van der Waals surface area (Å²) in [6.45, 7) is 2.62. The molecule has 2 aromatic rings. The summed E-state index contributed by atoms with van der Waals surface area (Å²) in [5.74, 6) is -0.0272. The molecule has 4 aliphatic rings. The van der Waals surface area contributed by atoms with E-state index >= 15 is 0 Å². The molecule has 2 amide bonds. The molecule has 6 rings (SSSR count). The molecule has 10 heteroatoms. The number of rotatable bonds is 12. The lowest BCUT2D eigenvalue weighted by Crippen LogP contribution is -2.55. The van der Waals surface area contributed by atoms with Gasteiger partial charge in [0, 0.05) is 37.3 Å². The molecule has 0 aromatic heterocycles. The minimum atomic E-state index is -1.69. The number of aliphatic hydroxyl groups is 2. The van der Waals surface area contributed by atoms with Crippen LogP contribution in [0.2, 0.25) is 0 Å². The van der Waals surface area contributed by atoms with Crippen LogP contribution in [0.4, 0.5) is 0 Å². The van der Waals surface area contributed by atoms with Crippen LogP contribution in [0, 0.1) is 23.7 Å². The summed E-state index contributed by atoms with van der Waals surface area (Å²) in [4.78, 5) is 58.5. The van der Waals surface area contributed by atoms with Crippen molar-refractivity contribution in [3.8, 4) is 11.5 Å². The highest BCUT2D eigenvalue weighted by atomic mass is 16.5. The first-order chi connectivity index (χ1) is 25.6. The van der Waals surface area contributed by atoms with Crippen molar-refractivity contribution in [1.29, 1.82) is 0 Å². The van der Waals surface area contributed by atoms with Crippen molar-refractivity contribution in [3.05, 3.63) is 59.7 Å². The quantitative estimate of drug-likeness (QED) is 0.245. The Kier molecular flexibility index (Phi) is 12.6. The Morgan fingerprint density at radius 2 is 0.943 bits per heavy atom. The van der Waals surface area contributed by atoms with Crippen LogP contribution in [-0.2, 0) is 9.59 Å². The van der Waals surface area contributed by atoms with Crippen LogP contribution in [0.15, 0.2) is 48.5 Å². The number of hydrogen-bond acceptors (Lipinski definition) is 8. The minimum absolute atomic E-state index is 0.0921. The van der Waals surface area contributed by atoms with E-state index < -0.39 is 23.0 Å². The van der Waals surface area contributed by atoms with E-state index in [1.54, 1.807) is 62.8 Å². The molecule has 4 atom stereocenters. The third-order valence-corrected chi connectivity index (χ3v) is 12.9. The zero-order valence-corrected chi connectivity index (χ0v) is 31.6. The van der Waals surface area contributed by atoms with E-state index in [0.717, 1.165) is 70.6 Å². The average Bonchev–Trinajstić information content (AvgIpc) is 3.20. The molecule has 4 unspecified atom stereocenters. The summed E-state index contributed by atoms with van der Waals surface area (Å²) in [5, 5.41) is 23.4. The number of ketones is 2. The molecule has 0 bridgehead atoms. The first kappa shape index (κ1) is 38.9. The molecule has 2 heterocycles. The van der Waals surface area contributed by atoms with Gasteiger partial charge in [-0.05, 0) is 112 Å². The minimum Gasteiger partial charge on any atom is -0.497 e. The van der Waals surface area contributed by atoms with Crippen LogP contribution >= 0.6 is 0 Å². The molecule has 10 nitrogen and oxygen atoms in total. The molecular weight excluding hydrogens is 672 g/mol. The number of amides is 2. The number of carbonyl (C=O) groups excluding carboxylic acids is 4. The normalized spacial score (nSPS) is 27.2. The molecule has 0 spiro atoms. The fourth-order valence-electron chi connectivity index (χ4n) is 9.52. The first-order valence-corrected chi connectivity index (χ1v) is 20.0. The third kappa shape index (κ3) is 8.49. The van der Waals surface area contributed by atoms with Gasteiger partial charge in [0.15, 0.2) is 11.6 Å². The highest BCUT2D eigenvalue weighted by molar-refractivity contribution is 6.06. The maximum Gasteiger partial charge on any atom is 0.229 e. The number of likely N-dealkylation sites (tertiary alicyclic amines) is 2. The summed E-state index contributed by atoms with van der Waals surface area (Å²) in [5.41, 5.74) is -2.57. The van der Waals surface area contributed by atoms with E-state index in [-0.39, 0.29) is 23.4 Å². The van der Waals surface area contributed by atoms with E-state index in [0.29, 0.717) is 86.3 Å². The third-order valence-electron chi connectivity index (χ3n) is 12.9. The number of nitrogens with zero attached hydrogens (tertiary/aromatic N) is 2. The number of Topliss-reactive ketones (excluding diaryl/α,β-unsaturated/α-hetero) is 2. The largest absolute Gasteiger partial charge is 0.497 e. The number of hydrogen-bond donors (Lipinski definition) is 2. The van der Waals surface area contributed by atoms with Crippen molar-refractivity contribution in [2.24, 2.45) is 23.7 Å². The number of ether oxygens (including phenoxy) is 2. The highest BCUT2D eigenvalue weighted by Crippen LogP contribution is 2.41. The summed E-state index contributed by atoms with van der Waals surface area (Å²) >= 11 is 0. The predicted octanol–water partition coefficient (Wildman–Crippen LogP) is 6.26. The second-order valence-electron chi connectivity index (χ2n) is 16.0. The van der Waals surface area contributed by atoms with E-state index in [4.69, 9.17) is 9.47 Å². The van der Waals surface area contributed by atoms with Gasteiger partial charge in [-0.15, -0.1) is 0 Å². The Morgan fingerprint density at radius 1 is 0.585 bits per heavy atom. The van der Waals surface area contributed by atoms with Gasteiger partial charge in [-0.2, -0.15) is 0 Å². The molecule has 2 aliphatic heterocycles. The molecule has 2 saturated carbocycles. The van der Waals surface area contributed by atoms with Crippen LogP contribution in [0.3, 0.4) is 0 Å². The molecule has 2 saturated heterocycles. The molecule has 2 N–H and O–H groups in total. The van der Waals surface area contributed by atoms with Gasteiger partial charge < -0.3 is 29.5 Å². The van der Waals surface area contributed by atoms with Crippen LogP contribution < -0.4 is 9.47 Å². The van der Waals surface area contributed by atoms with Crippen molar-refractivity contribution in [2.45, 2.75) is 108 Å². The molecule has 288 valence electrons. The van der Waals surface area contributed by atoms with Crippen molar-refractivity contribution >= 4 is 23.4 Å². The lowest BCUT2D eigenvalue weighted by Gasteiger charge is -2.42. The first-order valence-electron chi connectivity index (χ1n) is 20.0. The molecule has 0 radical (unpaired) electrons. The number of piperidine rings is 2. The Balaban J connectivity index is 0.938. The van der Waals surface area contributed by atoms with E-state index in [2.05, 4.69) is 0 Å². The fourth-order valence-corrected chi connectivity index (χ4v) is 9.52. The Bertz CT molecular complexity index is 1460. The van der Waals surface area contributed by atoms with Crippen molar-refractivity contribution in [3.63, 3.8) is 0 Å². The summed E-state index contributed by atoms with van der Waals surface area (Å²) < 4.78 is 10.4. The summed E-state index contributed by atoms with van der Waals surface area (Å²) in [6.07, 6.45) is 11.7. The van der Waals surface area contributed by atoms with Gasteiger partial charge in [-0.25, -0.2) is 0 Å². The smallest absolute Gasteiger partial charge is 0.229 e. The Hall–Kier alpha value is -3.76. The van der Waals surface area contributed by atoms with Crippen molar-refractivity contribution in [2.75, 3.05) is 40.4 Å². The van der Waals surface area contributed by atoms with E-state index in [9.17, 15) is 29.4 Å². The number of benzene rings is 2. The van der Waals surface area contributed by atoms with Gasteiger partial charge in [0.05, 0.1) is 26.1 Å². The van der Waals surface area contributed by atoms with Gasteiger partial charge in [-0.1, -0.05) is 44.9 Å². The standard InChI is InChI=1S/C43H58N2O8/c1-52-34-16-12-32(13-17-34)38(46)42(50)24-5-3-10-36(42)40(48)44-26-20-30(21-27-44)8-7-9-31-22-28-45(29-23-31)41(49)37-11-4-6-25-43(37,51)39(47)33-14-18-35(53-2)19-15-33/h12-19,30-31,36-37,50-51H,3-11,20-29H2,1-2H3. The van der Waals surface area contributed by atoms with Crippen molar-refractivity contribution < 1.29 is 38.9 Å². The maximum absolute atomic E-state index is 13.8. The number of methoxy groups -OCH3 is 2. The average molecular weight is 731 g/mol. The molecule has 2 aliphatic carbocycles. The van der Waals surface area contributed by atoms with Crippen LogP contribution in [0.1, 0.15) is 117 Å². The van der Waals surface area contributed by atoms with Gasteiger partial charge >= 0.3 is 0 Å². The Labute approximate surface area is 314 Å². The highest BCUT2D eigenvalue weighted by Gasteiger charge is 2.51. The zero-order valence-electron chi connectivity index (χ0n) is 31.6. The molecule has 4 fully saturated rings. The second-order valence-corrected chi connectivity index (χ2v) is 16.0. The van der Waals surface area contributed by atoms with Gasteiger partial charge in [0.25, 0.3) is 0 Å². The van der Waals surface area contributed by atoms with Gasteiger partial charge in [0.2, 0.25) is 11.8 Å². The molecule has 53 heavy (non-hydrogen) atoms. The van der Waals surface area contributed by atoms with Crippen LogP contribution in [-0.4, -0.2) is 95.0 Å². The van der Waals surface area contributed by atoms with Gasteiger partial charge in [-0.3, -0.25) is 19.2 Å². The van der Waals surface area contributed by atoms with E-state index in [1.807, 2.05) is 9.80 Å². The molecular formula is C43H58N2O8. The van der Waals surface area contributed by atoms with Crippen LogP contribution in [0.5, 0.6) is 11.5 Å². The second kappa shape index (κ2) is 17.1. The van der Waals surface area contributed by atoms with Crippen LogP contribution in [0.25, 0.3) is 0 Å². The Morgan fingerprint density at radius 3 is 1.28 bits per heavy atom. The monoisotopic (exact) mass is 730 g/mol. The SMILES string of the molecule is COc1ccc(C(=O)C2(O)CCCCC2C(=O)N2CCC(CCCC3CCN(C(=O)C4CCCCC4(O)C(=O)c4ccc(OC)cc4)CC3)CC2)cc1. The van der Waals surface area contributed by atoms with Crippen molar-refractivity contribution in [1.82, 2.24) is 9.80 Å². The topological polar surface area (TPSA) is 134 Å². The maximum atomic E-state index is 13.8.